The number of alkyl halides is 6. The quantitative estimate of drug-likeness (QED) is 0.156. The maximum absolute atomic E-state index is 12.8. The van der Waals surface area contributed by atoms with Crippen molar-refractivity contribution in [3.8, 4) is 5.75 Å². The fraction of sp³-hybridized carbons (Fsp3) is 0.421. The molecule has 0 saturated carbocycles. The van der Waals surface area contributed by atoms with Gasteiger partial charge < -0.3 is 29.6 Å². The van der Waals surface area contributed by atoms with Crippen LogP contribution in [0.1, 0.15) is 0 Å². The van der Waals surface area contributed by atoms with Crippen molar-refractivity contribution < 1.29 is 54.7 Å². The van der Waals surface area contributed by atoms with Crippen molar-refractivity contribution in [3.63, 3.8) is 0 Å². The summed E-state index contributed by atoms with van der Waals surface area (Å²) in [4.78, 5) is 32.7. The summed E-state index contributed by atoms with van der Waals surface area (Å²) in [5.74, 6) is 0.321. The van der Waals surface area contributed by atoms with E-state index in [0.717, 1.165) is 11.8 Å². The lowest BCUT2D eigenvalue weighted by Crippen LogP contribution is -2.27. The van der Waals surface area contributed by atoms with Crippen LogP contribution in [-0.4, -0.2) is 73.3 Å². The van der Waals surface area contributed by atoms with E-state index in [2.05, 4.69) is 15.0 Å². The monoisotopic (exact) mass is 623 g/mol. The lowest BCUT2D eigenvalue weighted by Gasteiger charge is -2.28. The molecule has 3 aromatic rings. The average Bonchev–Trinajstić information content (AvgIpc) is 3.16. The number of aromatic nitrogens is 4. The molecule has 39 heavy (non-hydrogen) atoms. The van der Waals surface area contributed by atoms with Crippen LogP contribution in [0.3, 0.4) is 0 Å². The molecule has 0 radical (unpaired) electrons. The summed E-state index contributed by atoms with van der Waals surface area (Å²) in [7, 11) is -10.1. The first-order valence-corrected chi connectivity index (χ1v) is 15.2. The van der Waals surface area contributed by atoms with Crippen LogP contribution in [-0.2, 0) is 20.4 Å². The van der Waals surface area contributed by atoms with E-state index in [1.54, 1.807) is 24.3 Å². The number of nitrogens with two attached hydrogens (primary N) is 1. The second kappa shape index (κ2) is 11.6. The van der Waals surface area contributed by atoms with Gasteiger partial charge in [-0.05, 0) is 12.1 Å². The van der Waals surface area contributed by atoms with Crippen LogP contribution in [0.4, 0.5) is 32.3 Å². The van der Waals surface area contributed by atoms with Gasteiger partial charge in [0.05, 0.1) is 24.9 Å². The van der Waals surface area contributed by atoms with Crippen LogP contribution in [0.2, 0.25) is 0 Å². The molecule has 0 aliphatic heterocycles. The molecular weight excluding hydrogens is 602 g/mol. The van der Waals surface area contributed by atoms with Gasteiger partial charge in [-0.2, -0.15) is 31.3 Å². The second-order valence-corrected chi connectivity index (χ2v) is 14.0. The number of rotatable bonds is 11. The highest BCUT2D eigenvalue weighted by Gasteiger charge is 2.54. The van der Waals surface area contributed by atoms with Crippen molar-refractivity contribution in [1.29, 1.82) is 0 Å². The summed E-state index contributed by atoms with van der Waals surface area (Å²) in [5, 5.41) is 0.287. The first-order chi connectivity index (χ1) is 17.9. The van der Waals surface area contributed by atoms with E-state index in [-0.39, 0.29) is 22.1 Å². The molecule has 2 heterocycles. The highest BCUT2D eigenvalue weighted by molar-refractivity contribution is 7.99. The standard InChI is InChI=1S/C19H21F6N5O6P2S/c1-35-11-4-2-3-5-12(11)39-15-13-14(28-16(26)29-15)30(10-27-13)6-7-36-17(37(31,32)8-18(20,21)22)38(33,34)9-19(23,24)25/h2-5,10,17H,6-9H2,1H3,(H,31,32)(H,33,34)(H2,26,28,29). The molecule has 3 rings (SSSR count). The first-order valence-electron chi connectivity index (χ1n) is 10.6. The molecule has 2 atom stereocenters. The van der Waals surface area contributed by atoms with Gasteiger partial charge in [0.1, 0.15) is 28.6 Å². The van der Waals surface area contributed by atoms with E-state index >= 15 is 0 Å². The number of hydrogen-bond acceptors (Lipinski definition) is 9. The minimum Gasteiger partial charge on any atom is -0.496 e. The Kier molecular flexibility index (Phi) is 9.30. The number of methoxy groups -OCH3 is 1. The zero-order valence-corrected chi connectivity index (χ0v) is 22.4. The van der Waals surface area contributed by atoms with E-state index in [1.165, 1.54) is 18.0 Å². The van der Waals surface area contributed by atoms with Crippen molar-refractivity contribution in [2.45, 2.75) is 34.4 Å². The van der Waals surface area contributed by atoms with Crippen molar-refractivity contribution in [2.24, 2.45) is 0 Å². The zero-order chi connectivity index (χ0) is 29.2. The third kappa shape index (κ3) is 8.32. The minimum atomic E-state index is -5.79. The zero-order valence-electron chi connectivity index (χ0n) is 19.8. The van der Waals surface area contributed by atoms with Gasteiger partial charge in [-0.1, -0.05) is 23.9 Å². The summed E-state index contributed by atoms with van der Waals surface area (Å²) >= 11 is 1.13. The van der Waals surface area contributed by atoms with Gasteiger partial charge in [-0.15, -0.1) is 0 Å². The van der Waals surface area contributed by atoms with Crippen LogP contribution in [0.25, 0.3) is 11.2 Å². The summed E-state index contributed by atoms with van der Waals surface area (Å²) in [6.07, 6.45) is -14.5. The van der Waals surface area contributed by atoms with E-state index in [1.807, 2.05) is 0 Å². The van der Waals surface area contributed by atoms with Crippen molar-refractivity contribution in [3.05, 3.63) is 30.6 Å². The molecule has 0 amide bonds. The summed E-state index contributed by atoms with van der Waals surface area (Å²) in [6, 6.07) is 6.93. The number of nitrogen functional groups attached to an aromatic ring is 1. The van der Waals surface area contributed by atoms with Gasteiger partial charge in [0, 0.05) is 6.54 Å². The normalized spacial score (nSPS) is 16.5. The Balaban J connectivity index is 1.87. The fourth-order valence-electron chi connectivity index (χ4n) is 3.42. The number of benzene rings is 1. The van der Waals surface area contributed by atoms with Gasteiger partial charge in [0.15, 0.2) is 5.65 Å². The summed E-state index contributed by atoms with van der Waals surface area (Å²) in [6.45, 7) is -1.25. The molecule has 0 spiro atoms. The highest BCUT2D eigenvalue weighted by Crippen LogP contribution is 2.67. The molecule has 20 heteroatoms. The van der Waals surface area contributed by atoms with E-state index in [0.29, 0.717) is 10.6 Å². The molecule has 2 unspecified atom stereocenters. The molecular formula is C19H21F6N5O6P2S. The van der Waals surface area contributed by atoms with Gasteiger partial charge in [0.2, 0.25) is 26.3 Å². The van der Waals surface area contributed by atoms with Crippen LogP contribution in [0.5, 0.6) is 5.75 Å². The molecule has 1 aromatic carbocycles. The smallest absolute Gasteiger partial charge is 0.398 e. The van der Waals surface area contributed by atoms with Gasteiger partial charge in [0.25, 0.3) is 0 Å². The number of nitrogens with zero attached hydrogens (tertiary/aromatic N) is 4. The number of para-hydroxylation sites is 1. The van der Waals surface area contributed by atoms with E-state index in [9.17, 15) is 45.3 Å². The predicted molar refractivity (Wildman–Crippen MR) is 128 cm³/mol. The molecule has 0 saturated heterocycles. The predicted octanol–water partition coefficient (Wildman–Crippen LogP) is 4.53. The number of hydrogen-bond donors (Lipinski definition) is 3. The minimum absolute atomic E-state index is 0.0880. The number of anilines is 1. The maximum Gasteiger partial charge on any atom is 0.398 e. The Labute approximate surface area is 220 Å². The molecule has 0 bridgehead atoms. The third-order valence-electron chi connectivity index (χ3n) is 4.83. The molecule has 2 aromatic heterocycles. The molecule has 4 N–H and O–H groups in total. The lowest BCUT2D eigenvalue weighted by atomic mass is 10.3. The highest BCUT2D eigenvalue weighted by atomic mass is 32.2. The molecule has 216 valence electrons. The largest absolute Gasteiger partial charge is 0.496 e. The fourth-order valence-corrected chi connectivity index (χ4v) is 9.17. The van der Waals surface area contributed by atoms with Crippen LogP contribution >= 0.6 is 26.5 Å². The summed E-state index contributed by atoms with van der Waals surface area (Å²) < 4.78 is 113. The van der Waals surface area contributed by atoms with Crippen LogP contribution < -0.4 is 10.5 Å². The Bertz CT molecular complexity index is 1390. The number of ether oxygens (including phenoxy) is 2. The number of imidazole rings is 1. The van der Waals surface area contributed by atoms with Gasteiger partial charge >= 0.3 is 12.4 Å². The Morgan fingerprint density at radius 1 is 1.05 bits per heavy atom. The molecule has 0 fully saturated rings. The van der Waals surface area contributed by atoms with Crippen molar-refractivity contribution >= 4 is 43.6 Å². The van der Waals surface area contributed by atoms with E-state index < -0.39 is 58.2 Å². The van der Waals surface area contributed by atoms with Crippen molar-refractivity contribution in [1.82, 2.24) is 19.5 Å². The first kappa shape index (κ1) is 31.2. The molecule has 0 aliphatic rings. The van der Waals surface area contributed by atoms with Gasteiger partial charge in [-0.3, -0.25) is 9.13 Å². The Morgan fingerprint density at radius 3 is 2.21 bits per heavy atom. The topological polar surface area (TPSA) is 163 Å². The number of fused-ring (bicyclic) bond motifs is 1. The maximum atomic E-state index is 12.8. The lowest BCUT2D eigenvalue weighted by molar-refractivity contribution is -0.108. The SMILES string of the molecule is COc1ccccc1Sc1nc(N)nc2c1ncn2CCOC(P(=O)(O)CC(F)(F)F)P(=O)(O)CC(F)(F)F. The van der Waals surface area contributed by atoms with Gasteiger partial charge in [-0.25, -0.2) is 9.97 Å². The molecule has 11 nitrogen and oxygen atoms in total. The van der Waals surface area contributed by atoms with E-state index in [4.69, 9.17) is 15.2 Å². The molecule has 0 aliphatic carbocycles. The Morgan fingerprint density at radius 2 is 1.64 bits per heavy atom. The average molecular weight is 623 g/mol. The second-order valence-electron chi connectivity index (χ2n) is 8.00. The number of halogens is 6. The Hall–Kier alpha value is -2.36. The van der Waals surface area contributed by atoms with Crippen LogP contribution in [0, 0.1) is 0 Å². The van der Waals surface area contributed by atoms with Crippen molar-refractivity contribution in [2.75, 3.05) is 31.8 Å². The van der Waals surface area contributed by atoms with Crippen LogP contribution in [0.15, 0.2) is 40.5 Å². The third-order valence-corrected chi connectivity index (χ3v) is 11.3. The summed E-state index contributed by atoms with van der Waals surface area (Å²) in [5.41, 5.74) is 2.96.